The summed E-state index contributed by atoms with van der Waals surface area (Å²) < 4.78 is 75.9. The zero-order valence-electron chi connectivity index (χ0n) is 78.0. The molecule has 5 radical (unpaired) electrons. The molecular weight excluding hydrogens is 2100 g/mol. The summed E-state index contributed by atoms with van der Waals surface area (Å²) in [6.07, 6.45) is 6.36. The SMILES string of the molecule is CCOc1cccc(-n2nnn(C)c2=O)c1COc1cc[c-]cc1CC.CCc1c[c-]ccc1OCc1c(C(C)C)cccc1-n1nnn(C)c1=O.CCc1c[c-]ccc1OCc1c(C)cccc1-n1nnn(C)c1=O.CCc1c[c-]ccc1OCc1c(C2CC2(F)F)cccc1-n1nnn(C)c1=O.CCc1c[c-]ccc1OCc1c(C2CC2)cccc1-n1nnn(C)c1=O.[Y].[Y].[Y].[Y].[Y]. The van der Waals surface area contributed by atoms with Gasteiger partial charge < -0.3 is 28.4 Å². The molecule has 15 aromatic rings. The minimum absolute atomic E-state index is 0. The molecular formula is C97H103F2N20O11Y5-5. The number of aryl methyl sites for hydroxylation is 11. The largest absolute Gasteiger partial charge is 0.514 e. The molecule has 2 aliphatic carbocycles. The first kappa shape index (κ1) is 111. The minimum Gasteiger partial charge on any atom is -0.514 e. The molecule has 1 atom stereocenters. The van der Waals surface area contributed by atoms with Crippen LogP contribution in [-0.2, 0) is 264 Å². The van der Waals surface area contributed by atoms with Crippen molar-refractivity contribution in [2.24, 2.45) is 35.2 Å². The van der Waals surface area contributed by atoms with Crippen molar-refractivity contribution in [2.45, 2.75) is 170 Å². The van der Waals surface area contributed by atoms with E-state index in [1.807, 2.05) is 154 Å². The summed E-state index contributed by atoms with van der Waals surface area (Å²) in [4.78, 5) is 61.5. The zero-order chi connectivity index (χ0) is 92.3. The summed E-state index contributed by atoms with van der Waals surface area (Å²) in [7, 11) is 7.80. The van der Waals surface area contributed by atoms with Gasteiger partial charge in [-0.1, -0.05) is 135 Å². The molecule has 0 amide bonds. The van der Waals surface area contributed by atoms with E-state index in [1.54, 1.807) is 64.6 Å². The van der Waals surface area contributed by atoms with E-state index in [0.29, 0.717) is 77.7 Å². The number of hydrogen-bond donors (Lipinski definition) is 0. The van der Waals surface area contributed by atoms with E-state index in [0.717, 1.165) is 131 Å². The Morgan fingerprint density at radius 1 is 0.348 bits per heavy atom. The fourth-order valence-electron chi connectivity index (χ4n) is 14.7. The summed E-state index contributed by atoms with van der Waals surface area (Å²) in [5, 5.41) is 38.7. The van der Waals surface area contributed by atoms with Crippen molar-refractivity contribution in [3.8, 4) is 62.9 Å². The van der Waals surface area contributed by atoms with E-state index in [9.17, 15) is 32.8 Å². The van der Waals surface area contributed by atoms with Crippen molar-refractivity contribution in [3.05, 3.63) is 343 Å². The number of hydrogen-bond acceptors (Lipinski definition) is 21. The van der Waals surface area contributed by atoms with E-state index < -0.39 is 17.5 Å². The molecule has 10 aromatic carbocycles. The summed E-state index contributed by atoms with van der Waals surface area (Å²) in [6, 6.07) is 71.5. The van der Waals surface area contributed by atoms with Gasteiger partial charge in [-0.15, -0.1) is 58.1 Å². The summed E-state index contributed by atoms with van der Waals surface area (Å²) >= 11 is 0. The Kier molecular flexibility index (Phi) is 43.2. The van der Waals surface area contributed by atoms with Crippen LogP contribution in [0.25, 0.3) is 28.4 Å². The average molecular weight is 2210 g/mol. The van der Waals surface area contributed by atoms with Crippen LogP contribution in [0.15, 0.2) is 206 Å². The smallest absolute Gasteiger partial charge is 0.368 e. The molecule has 31 nitrogen and oxygen atoms in total. The van der Waals surface area contributed by atoms with Crippen LogP contribution in [0.2, 0.25) is 0 Å². The first-order chi connectivity index (χ1) is 62.9. The fourth-order valence-corrected chi connectivity index (χ4v) is 14.7. The topological polar surface area (TPSA) is 319 Å². The molecule has 2 aliphatic rings. The predicted octanol–water partition coefficient (Wildman–Crippen LogP) is 13.4. The second-order valence-corrected chi connectivity index (χ2v) is 31.1. The van der Waals surface area contributed by atoms with Crippen LogP contribution < -0.4 is 56.9 Å². The molecule has 1 unspecified atom stereocenters. The quantitative estimate of drug-likeness (QED) is 0.0377. The van der Waals surface area contributed by atoms with Gasteiger partial charge in [0.15, 0.2) is 0 Å². The summed E-state index contributed by atoms with van der Waals surface area (Å²) in [5.74, 6) is 1.83. The molecule has 2 fully saturated rings. The molecule has 2 saturated carbocycles. The normalized spacial score (nSPS) is 12.4. The Bertz CT molecular complexity index is 6610. The molecule has 17 rings (SSSR count). The third-order valence-electron chi connectivity index (χ3n) is 22.2. The molecule has 0 saturated heterocycles. The van der Waals surface area contributed by atoms with Crippen LogP contribution in [0.3, 0.4) is 0 Å². The second-order valence-electron chi connectivity index (χ2n) is 31.1. The zero-order valence-corrected chi connectivity index (χ0v) is 92.2. The number of nitrogens with zero attached hydrogens (tertiary/aromatic N) is 20. The van der Waals surface area contributed by atoms with E-state index in [2.05, 4.69) is 136 Å². The Labute approximate surface area is 907 Å². The van der Waals surface area contributed by atoms with E-state index in [4.69, 9.17) is 28.4 Å². The number of tetrazole rings is 5. The Balaban J connectivity index is 0.000000206. The maximum absolute atomic E-state index is 13.8. The van der Waals surface area contributed by atoms with Gasteiger partial charge in [0.25, 0.3) is 5.92 Å². The van der Waals surface area contributed by atoms with Crippen molar-refractivity contribution in [2.75, 3.05) is 6.61 Å². The molecule has 691 valence electrons. The summed E-state index contributed by atoms with van der Waals surface area (Å²) in [6.45, 7) is 20.3. The first-order valence-corrected chi connectivity index (χ1v) is 43.0. The molecule has 0 aliphatic heterocycles. The van der Waals surface area contributed by atoms with E-state index in [-0.39, 0.29) is 212 Å². The van der Waals surface area contributed by atoms with E-state index in [1.165, 1.54) is 62.9 Å². The number of halogens is 2. The van der Waals surface area contributed by atoms with Gasteiger partial charge in [-0.25, -0.2) is 32.8 Å². The van der Waals surface area contributed by atoms with Crippen molar-refractivity contribution in [1.29, 1.82) is 0 Å². The molecule has 38 heteroatoms. The number of alkyl halides is 2. The van der Waals surface area contributed by atoms with Crippen LogP contribution >= 0.6 is 0 Å². The standard InChI is InChI=1S/C20H19F2N4O2.C20H21N4O2.C20H23N4O2.C19H21N4O3.C18H19N4O2.5Y/c1-3-13-7-4-5-10-18(13)28-12-15-14(16-11-20(16,21)22)8-6-9-17(15)26-19(27)25(2)23-24-26;1-3-14-7-4-5-10-19(14)26-13-17-16(15-11-12-15)8-6-9-18(17)24-20(25)23(2)21-22-24;1-5-15-9-6-7-12-19(15)26-13-17-16(14(2)3)10-8-11-18(17)24-20(25)23(4)21-22-24;1-4-14-9-6-7-11-17(14)26-13-15-16(10-8-12-18(15)25-5-2)23-19(24)22(3)20-21-23;1-4-14-9-5-6-11-17(14)24-12-15-13(2)8-7-10-16(15)22-18(23)21(3)19-20-22;;;;;/h5-10,16H,3,11-12H2,1-2H3;5-10,15H,3,11-13H2,1-2H3;7-12,14H,5,13H2,1-4H3;7-12H,4-5,13H2,1-3H3;6-11H,4,12H2,1-3H3;;;;;/q5*-1;;;;;. The van der Waals surface area contributed by atoms with Crippen molar-refractivity contribution >= 4 is 0 Å². The van der Waals surface area contributed by atoms with Gasteiger partial charge in [0.05, 0.1) is 46.5 Å². The Morgan fingerprint density at radius 2 is 0.622 bits per heavy atom. The number of benzene rings is 10. The van der Waals surface area contributed by atoms with Crippen LogP contribution in [0.1, 0.15) is 170 Å². The van der Waals surface area contributed by atoms with Gasteiger partial charge in [-0.05, 0) is 149 Å². The third kappa shape index (κ3) is 27.2. The fraction of sp³-hybridized carbons (Fsp3) is 0.330. The van der Waals surface area contributed by atoms with Crippen LogP contribution in [-0.4, -0.2) is 111 Å². The maximum Gasteiger partial charge on any atom is 0.368 e. The molecule has 5 heterocycles. The van der Waals surface area contributed by atoms with Crippen LogP contribution in [0.5, 0.6) is 34.5 Å². The van der Waals surface area contributed by atoms with Gasteiger partial charge in [0.2, 0.25) is 0 Å². The van der Waals surface area contributed by atoms with Crippen molar-refractivity contribution in [3.63, 3.8) is 0 Å². The number of ether oxygens (including phenoxy) is 6. The number of rotatable bonds is 30. The van der Waals surface area contributed by atoms with Crippen molar-refractivity contribution in [1.82, 2.24) is 99.0 Å². The second kappa shape index (κ2) is 52.5. The predicted molar refractivity (Wildman–Crippen MR) is 482 cm³/mol. The van der Waals surface area contributed by atoms with Gasteiger partial charge in [0.1, 0.15) is 38.8 Å². The van der Waals surface area contributed by atoms with Crippen LogP contribution in [0, 0.1) is 37.3 Å². The molecule has 0 bridgehead atoms. The van der Waals surface area contributed by atoms with Gasteiger partial charge in [0, 0.05) is 256 Å². The van der Waals surface area contributed by atoms with E-state index >= 15 is 0 Å². The minimum atomic E-state index is -2.74. The first-order valence-electron chi connectivity index (χ1n) is 43.0. The van der Waals surface area contributed by atoms with Gasteiger partial charge in [-0.2, -0.15) is 138 Å². The van der Waals surface area contributed by atoms with Crippen molar-refractivity contribution < 1.29 is 201 Å². The molecule has 0 N–H and O–H groups in total. The Hall–Kier alpha value is -9.27. The van der Waals surface area contributed by atoms with Crippen LogP contribution in [0.4, 0.5) is 8.78 Å². The maximum atomic E-state index is 13.8. The number of aromatic nitrogens is 20. The molecule has 5 aromatic heterocycles. The Morgan fingerprint density at radius 3 is 0.926 bits per heavy atom. The van der Waals surface area contributed by atoms with Gasteiger partial charge in [-0.3, -0.25) is 0 Å². The average Bonchev–Trinajstić information content (AvgIpc) is 1.59. The monoisotopic (exact) mass is 2210 g/mol. The molecule has 135 heavy (non-hydrogen) atoms. The molecule has 0 spiro atoms. The van der Waals surface area contributed by atoms with Gasteiger partial charge >= 0.3 is 28.4 Å². The summed E-state index contributed by atoms with van der Waals surface area (Å²) in [5.41, 5.74) is 14.9. The third-order valence-corrected chi connectivity index (χ3v) is 22.2.